The van der Waals surface area contributed by atoms with Gasteiger partial charge in [0, 0.05) is 50.4 Å². The molecule has 0 radical (unpaired) electrons. The molecule has 2 aliphatic heterocycles. The smallest absolute Gasteiger partial charge is 0.461 e. The Morgan fingerprint density at radius 3 is 2.19 bits per heavy atom. The van der Waals surface area contributed by atoms with Crippen LogP contribution >= 0.6 is 0 Å². The van der Waals surface area contributed by atoms with E-state index in [4.69, 9.17) is 24.7 Å². The molecule has 69 heavy (non-hydrogen) atoms. The van der Waals surface area contributed by atoms with E-state index in [1.807, 2.05) is 11.9 Å². The summed E-state index contributed by atoms with van der Waals surface area (Å²) in [5, 5.41) is 20.0. The molecule has 5 rings (SSSR count). The van der Waals surface area contributed by atoms with Crippen molar-refractivity contribution in [3.8, 4) is 6.07 Å². The predicted octanol–water partition coefficient (Wildman–Crippen LogP) is 3.55. The molecule has 2 aromatic rings. The summed E-state index contributed by atoms with van der Waals surface area (Å²) >= 11 is 0. The maximum Gasteiger partial charge on any atom is 0.509 e. The van der Waals surface area contributed by atoms with Crippen LogP contribution in [-0.4, -0.2) is 139 Å². The lowest BCUT2D eigenvalue weighted by molar-refractivity contribution is -0.167. The van der Waals surface area contributed by atoms with Gasteiger partial charge in [-0.15, -0.1) is 0 Å². The molecule has 2 heterocycles. The van der Waals surface area contributed by atoms with Gasteiger partial charge in [0.05, 0.1) is 24.2 Å². The average molecular weight is 958 g/mol. The third kappa shape index (κ3) is 14.4. The summed E-state index contributed by atoms with van der Waals surface area (Å²) in [7, 11) is 1.92. The molecule has 7 amide bonds. The molecule has 3 aliphatic rings. The average Bonchev–Trinajstić information content (AvgIpc) is 3.72. The number of likely N-dealkylation sites (tertiary alicyclic amines) is 1. The Morgan fingerprint density at radius 1 is 0.957 bits per heavy atom. The molecule has 1 saturated carbocycles. The summed E-state index contributed by atoms with van der Waals surface area (Å²) in [5.41, 5.74) is 4.48. The number of hydrogen-bond donors (Lipinski definition) is 5. The fourth-order valence-corrected chi connectivity index (χ4v) is 7.99. The van der Waals surface area contributed by atoms with E-state index in [-0.39, 0.29) is 63.1 Å². The van der Waals surface area contributed by atoms with Crippen molar-refractivity contribution in [1.82, 2.24) is 30.7 Å². The van der Waals surface area contributed by atoms with Crippen molar-refractivity contribution in [3.05, 3.63) is 77.9 Å². The van der Waals surface area contributed by atoms with E-state index in [0.717, 1.165) is 0 Å². The van der Waals surface area contributed by atoms with Gasteiger partial charge in [-0.1, -0.05) is 43.3 Å². The van der Waals surface area contributed by atoms with Crippen LogP contribution in [0, 0.1) is 16.7 Å². The maximum atomic E-state index is 14.1. The van der Waals surface area contributed by atoms with Crippen LogP contribution < -0.4 is 27.0 Å². The highest BCUT2D eigenvalue weighted by Gasteiger charge is 2.53. The van der Waals surface area contributed by atoms with Gasteiger partial charge in [-0.25, -0.2) is 14.4 Å². The van der Waals surface area contributed by atoms with Gasteiger partial charge in [-0.05, 0) is 90.3 Å². The highest BCUT2D eigenvalue weighted by Crippen LogP contribution is 2.42. The van der Waals surface area contributed by atoms with Crippen molar-refractivity contribution in [3.63, 3.8) is 0 Å². The van der Waals surface area contributed by atoms with Crippen LogP contribution in [-0.2, 0) is 42.9 Å². The van der Waals surface area contributed by atoms with Gasteiger partial charge in [0.15, 0.2) is 0 Å². The number of esters is 1. The number of nitrogens with two attached hydrogens (primary N) is 1. The standard InChI is InChI=1S/C48H63N9O12/c1-7-26-66-43(62)48(19-9-20-48)42(61)54-36(10-8-21-51-44(50)63)39(58)53-34-17-15-33(16-18-34)38(41(60)56-24-22-55(6)23-25-56)68-46(65)67-35-27-37(57(29-35)45(64)69-47(3,4)5)40(59)52-30(2)32-13-11-31(28-49)12-14-32/h7,11-18,30,35-38H,1,8-10,19-27,29H2,2-6H3,(H,52,59)(H,53,58)(H,54,61)(H3,50,51,63)/t30?,35-,36?,37+,38?/m1/s1. The number of carbonyl (C=O) groups excluding carboxylic acids is 8. The Kier molecular flexibility index (Phi) is 18.1. The number of nitrogens with one attached hydrogen (secondary N) is 4. The zero-order valence-electron chi connectivity index (χ0n) is 39.7. The number of likely N-dealkylation sites (N-methyl/N-ethyl adjacent to an activating group) is 1. The lowest BCUT2D eigenvalue weighted by atomic mass is 9.68. The third-order valence-electron chi connectivity index (χ3n) is 12.0. The van der Waals surface area contributed by atoms with E-state index >= 15 is 0 Å². The van der Waals surface area contributed by atoms with Crippen molar-refractivity contribution in [2.24, 2.45) is 11.1 Å². The minimum Gasteiger partial charge on any atom is -0.461 e. The molecule has 2 aromatic carbocycles. The molecule has 0 spiro atoms. The van der Waals surface area contributed by atoms with Gasteiger partial charge in [-0.3, -0.25) is 28.9 Å². The number of piperazine rings is 1. The number of benzene rings is 2. The molecule has 21 nitrogen and oxygen atoms in total. The van der Waals surface area contributed by atoms with E-state index in [0.29, 0.717) is 43.7 Å². The number of hydrogen-bond acceptors (Lipinski definition) is 14. The molecule has 3 unspecified atom stereocenters. The van der Waals surface area contributed by atoms with Crippen LogP contribution in [0.5, 0.6) is 0 Å². The molecule has 0 aromatic heterocycles. The fourth-order valence-electron chi connectivity index (χ4n) is 7.99. The van der Waals surface area contributed by atoms with E-state index < -0.39 is 89.2 Å². The molecule has 5 atom stereocenters. The number of nitrogens with zero attached hydrogens (tertiary/aromatic N) is 4. The van der Waals surface area contributed by atoms with Crippen LogP contribution in [0.4, 0.5) is 20.1 Å². The minimum absolute atomic E-state index is 0.0605. The van der Waals surface area contributed by atoms with E-state index in [1.54, 1.807) is 56.9 Å². The van der Waals surface area contributed by atoms with Gasteiger partial charge >= 0.3 is 24.2 Å². The van der Waals surface area contributed by atoms with Crippen molar-refractivity contribution >= 4 is 53.6 Å². The second kappa shape index (κ2) is 23.7. The summed E-state index contributed by atoms with van der Waals surface area (Å²) < 4.78 is 22.3. The van der Waals surface area contributed by atoms with Crippen molar-refractivity contribution in [2.75, 3.05) is 58.2 Å². The molecule has 3 fully saturated rings. The van der Waals surface area contributed by atoms with E-state index in [2.05, 4.69) is 33.9 Å². The molecule has 372 valence electrons. The number of nitriles is 1. The first kappa shape index (κ1) is 52.8. The number of amides is 7. The number of anilines is 1. The first-order valence-electron chi connectivity index (χ1n) is 22.9. The highest BCUT2D eigenvalue weighted by molar-refractivity contribution is 6.06. The van der Waals surface area contributed by atoms with Gasteiger partial charge in [0.2, 0.25) is 23.8 Å². The molecule has 6 N–H and O–H groups in total. The lowest BCUT2D eigenvalue weighted by Crippen LogP contribution is -2.56. The van der Waals surface area contributed by atoms with Crippen molar-refractivity contribution in [1.29, 1.82) is 5.26 Å². The van der Waals surface area contributed by atoms with Crippen molar-refractivity contribution in [2.45, 2.75) is 102 Å². The Bertz CT molecular complexity index is 2250. The van der Waals surface area contributed by atoms with Crippen molar-refractivity contribution < 1.29 is 57.3 Å². The van der Waals surface area contributed by atoms with Gasteiger partial charge in [-0.2, -0.15) is 5.26 Å². The molecule has 21 heteroatoms. The first-order chi connectivity index (χ1) is 32.7. The summed E-state index contributed by atoms with van der Waals surface area (Å²) in [4.78, 5) is 111. The summed E-state index contributed by atoms with van der Waals surface area (Å²) in [6, 6.07) is 11.1. The Labute approximate surface area is 401 Å². The van der Waals surface area contributed by atoms with Crippen LogP contribution in [0.15, 0.2) is 61.2 Å². The van der Waals surface area contributed by atoms with Crippen LogP contribution in [0.2, 0.25) is 0 Å². The van der Waals surface area contributed by atoms with Gasteiger partial charge < -0.3 is 55.7 Å². The van der Waals surface area contributed by atoms with Crippen LogP contribution in [0.25, 0.3) is 0 Å². The predicted molar refractivity (Wildman–Crippen MR) is 248 cm³/mol. The SMILES string of the molecule is C=CCOC(=O)C1(C(=O)NC(CCCNC(N)=O)C(=O)Nc2ccc(C(OC(=O)O[C@@H]3C[C@@H](C(=O)NC(C)c4ccc(C#N)cc4)N(C(=O)OC(C)(C)C)C3)C(=O)N3CCN(C)CC3)cc2)CCC1. The number of carbonyl (C=O) groups is 8. The molecular weight excluding hydrogens is 895 g/mol. The molecule has 1 aliphatic carbocycles. The second-order valence-electron chi connectivity index (χ2n) is 18.4. The lowest BCUT2D eigenvalue weighted by Gasteiger charge is -2.38. The summed E-state index contributed by atoms with van der Waals surface area (Å²) in [5.74, 6) is -3.09. The van der Waals surface area contributed by atoms with E-state index in [1.165, 1.54) is 35.2 Å². The Balaban J connectivity index is 1.31. The third-order valence-corrected chi connectivity index (χ3v) is 12.0. The summed E-state index contributed by atoms with van der Waals surface area (Å²) in [6.07, 6.45) is -1.93. The molecule has 0 bridgehead atoms. The van der Waals surface area contributed by atoms with Gasteiger partial charge in [0.25, 0.3) is 5.91 Å². The second-order valence-corrected chi connectivity index (χ2v) is 18.4. The number of rotatable bonds is 18. The largest absolute Gasteiger partial charge is 0.509 e. The van der Waals surface area contributed by atoms with Crippen LogP contribution in [0.3, 0.4) is 0 Å². The zero-order chi connectivity index (χ0) is 50.5. The first-order valence-corrected chi connectivity index (χ1v) is 22.9. The maximum absolute atomic E-state index is 14.1. The number of urea groups is 1. The summed E-state index contributed by atoms with van der Waals surface area (Å²) in [6.45, 7) is 12.0. The topological polar surface area (TPSA) is 281 Å². The Morgan fingerprint density at radius 2 is 1.61 bits per heavy atom. The Hall–Kier alpha value is -7.21. The number of ether oxygens (including phenoxy) is 4. The van der Waals surface area contributed by atoms with E-state index in [9.17, 15) is 43.6 Å². The number of primary amides is 1. The fraction of sp³-hybridized carbons (Fsp3) is 0.521. The zero-order valence-corrected chi connectivity index (χ0v) is 39.7. The molecule has 2 saturated heterocycles. The normalized spacial score (nSPS) is 18.9. The molecular formula is C48H63N9O12. The van der Waals surface area contributed by atoms with Crippen LogP contribution in [0.1, 0.15) is 95.1 Å². The van der Waals surface area contributed by atoms with Gasteiger partial charge in [0.1, 0.15) is 35.8 Å². The quantitative estimate of drug-likeness (QED) is 0.0470. The monoisotopic (exact) mass is 957 g/mol. The minimum atomic E-state index is -1.51. The highest BCUT2D eigenvalue weighted by atomic mass is 16.7.